The van der Waals surface area contributed by atoms with Crippen molar-refractivity contribution in [3.63, 3.8) is 0 Å². The summed E-state index contributed by atoms with van der Waals surface area (Å²) in [4.78, 5) is 18.8. The molecule has 0 saturated carbocycles. The van der Waals surface area contributed by atoms with E-state index in [2.05, 4.69) is 20.6 Å². The lowest BCUT2D eigenvalue weighted by Gasteiger charge is -2.53. The van der Waals surface area contributed by atoms with Gasteiger partial charge < -0.3 is 24.6 Å². The Morgan fingerprint density at radius 3 is 2.82 bits per heavy atom. The third kappa shape index (κ3) is 3.49. The van der Waals surface area contributed by atoms with Crippen molar-refractivity contribution < 1.29 is 19.2 Å². The highest BCUT2D eigenvalue weighted by Crippen LogP contribution is 2.40. The van der Waals surface area contributed by atoms with Crippen LogP contribution in [0.2, 0.25) is 0 Å². The predicted molar refractivity (Wildman–Crippen MR) is 98.6 cm³/mol. The van der Waals surface area contributed by atoms with Crippen LogP contribution in [0.25, 0.3) is 0 Å². The highest BCUT2D eigenvalue weighted by molar-refractivity contribution is 5.76. The maximum absolute atomic E-state index is 12.5. The second-order valence-corrected chi connectivity index (χ2v) is 7.84. The van der Waals surface area contributed by atoms with E-state index < -0.39 is 17.2 Å². The third-order valence-electron chi connectivity index (χ3n) is 5.81. The summed E-state index contributed by atoms with van der Waals surface area (Å²) in [7, 11) is 0. The van der Waals surface area contributed by atoms with E-state index in [1.54, 1.807) is 30.1 Å². The van der Waals surface area contributed by atoms with Crippen LogP contribution >= 0.6 is 0 Å². The molecule has 0 bridgehead atoms. The van der Waals surface area contributed by atoms with Crippen molar-refractivity contribution in [2.75, 3.05) is 24.6 Å². The quantitative estimate of drug-likeness (QED) is 0.764. The highest BCUT2D eigenvalue weighted by Gasteiger charge is 2.54. The lowest BCUT2D eigenvalue weighted by molar-refractivity contribution is -0.198. The van der Waals surface area contributed by atoms with Gasteiger partial charge in [0.2, 0.25) is 11.8 Å². The molecule has 4 rings (SSSR count). The number of amides is 1. The molecule has 4 heterocycles. The molecule has 2 aromatic rings. The molecule has 2 aromatic heterocycles. The second kappa shape index (κ2) is 7.17. The van der Waals surface area contributed by atoms with Gasteiger partial charge >= 0.3 is 0 Å². The molecule has 28 heavy (non-hydrogen) atoms. The third-order valence-corrected chi connectivity index (χ3v) is 5.81. The second-order valence-electron chi connectivity index (χ2n) is 7.84. The topological polar surface area (TPSA) is 119 Å². The fourth-order valence-electron chi connectivity index (χ4n) is 4.21. The monoisotopic (exact) mass is 390 g/mol. The number of hydrogen-bond acceptors (Lipinski definition) is 8. The number of carbonyl (C=O) groups excluding carboxylic acids is 1. The highest BCUT2D eigenvalue weighted by atomic mass is 16.5. The first-order chi connectivity index (χ1) is 13.4. The van der Waals surface area contributed by atoms with E-state index in [4.69, 9.17) is 9.26 Å². The minimum atomic E-state index is -0.815. The number of piperidine rings is 1. The van der Waals surface area contributed by atoms with E-state index >= 15 is 0 Å². The fraction of sp³-hybridized carbons (Fsp3) is 0.667. The largest absolute Gasteiger partial charge is 0.388 e. The van der Waals surface area contributed by atoms with Crippen molar-refractivity contribution in [2.45, 2.75) is 56.9 Å². The molecular formula is C18H26N6O4. The van der Waals surface area contributed by atoms with E-state index in [0.29, 0.717) is 50.8 Å². The molecule has 10 nitrogen and oxygen atoms in total. The Labute approximate surface area is 162 Å². The van der Waals surface area contributed by atoms with Crippen molar-refractivity contribution in [3.8, 4) is 0 Å². The van der Waals surface area contributed by atoms with Crippen molar-refractivity contribution >= 4 is 11.9 Å². The van der Waals surface area contributed by atoms with Gasteiger partial charge in [0.05, 0.1) is 11.1 Å². The summed E-state index contributed by atoms with van der Waals surface area (Å²) in [6.07, 6.45) is 4.34. The Hall–Kier alpha value is -2.46. The van der Waals surface area contributed by atoms with E-state index in [0.717, 1.165) is 0 Å². The summed E-state index contributed by atoms with van der Waals surface area (Å²) < 4.78 is 12.7. The molecule has 2 saturated heterocycles. The van der Waals surface area contributed by atoms with Gasteiger partial charge in [0.15, 0.2) is 0 Å². The van der Waals surface area contributed by atoms with Crippen molar-refractivity contribution in [2.24, 2.45) is 0 Å². The lowest BCUT2D eigenvalue weighted by Crippen LogP contribution is -2.69. The molecule has 152 valence electrons. The fourth-order valence-corrected chi connectivity index (χ4v) is 4.21. The average Bonchev–Trinajstić information content (AvgIpc) is 3.32. The molecule has 0 aliphatic carbocycles. The van der Waals surface area contributed by atoms with Gasteiger partial charge in [-0.3, -0.25) is 9.48 Å². The number of carbonyl (C=O) groups is 1. The van der Waals surface area contributed by atoms with Crippen LogP contribution in [0.15, 0.2) is 23.0 Å². The maximum atomic E-state index is 12.5. The van der Waals surface area contributed by atoms with Crippen molar-refractivity contribution in [1.82, 2.24) is 25.2 Å². The van der Waals surface area contributed by atoms with Crippen LogP contribution in [0, 0.1) is 6.92 Å². The summed E-state index contributed by atoms with van der Waals surface area (Å²) in [6, 6.07) is 1.77. The van der Waals surface area contributed by atoms with Gasteiger partial charge in [0.1, 0.15) is 12.6 Å². The van der Waals surface area contributed by atoms with Gasteiger partial charge in [-0.25, -0.2) is 0 Å². The van der Waals surface area contributed by atoms with Crippen LogP contribution in [-0.2, 0) is 16.1 Å². The van der Waals surface area contributed by atoms with Crippen LogP contribution in [-0.4, -0.2) is 67.9 Å². The summed E-state index contributed by atoms with van der Waals surface area (Å²) in [5, 5.41) is 22.3. The standard InChI is InChI=1S/C18H26N6O4/c1-13-20-16(22-28-13)23-9-4-18(5-10-23)15(26)17(2,6-11-27-18)21-14(25)12-24-8-3-7-19-24/h3,7-8,15,26H,4-6,9-12H2,1-2H3,(H,21,25)/t15-,17+/m1/s1. The van der Waals surface area contributed by atoms with E-state index in [-0.39, 0.29) is 12.5 Å². The number of rotatable bonds is 4. The van der Waals surface area contributed by atoms with Gasteiger partial charge in [0, 0.05) is 39.0 Å². The van der Waals surface area contributed by atoms with Gasteiger partial charge in [-0.1, -0.05) is 0 Å². The number of aliphatic hydroxyl groups is 1. The average molecular weight is 390 g/mol. The minimum Gasteiger partial charge on any atom is -0.388 e. The van der Waals surface area contributed by atoms with Crippen LogP contribution < -0.4 is 10.2 Å². The molecule has 0 unspecified atom stereocenters. The first-order valence-electron chi connectivity index (χ1n) is 9.56. The van der Waals surface area contributed by atoms with E-state index in [1.165, 1.54) is 0 Å². The summed E-state index contributed by atoms with van der Waals surface area (Å²) in [5.41, 5.74) is -1.45. The Bertz CT molecular complexity index is 814. The van der Waals surface area contributed by atoms with Gasteiger partial charge in [-0.05, 0) is 37.4 Å². The normalized spacial score (nSPS) is 27.1. The van der Waals surface area contributed by atoms with Crippen LogP contribution in [0.4, 0.5) is 5.95 Å². The molecule has 1 spiro atoms. The Kier molecular flexibility index (Phi) is 4.84. The number of nitrogens with one attached hydrogen (secondary N) is 1. The summed E-state index contributed by atoms with van der Waals surface area (Å²) >= 11 is 0. The maximum Gasteiger partial charge on any atom is 0.266 e. The number of aryl methyl sites for hydroxylation is 1. The van der Waals surface area contributed by atoms with E-state index in [9.17, 15) is 9.90 Å². The number of nitrogens with zero attached hydrogens (tertiary/aromatic N) is 5. The van der Waals surface area contributed by atoms with Gasteiger partial charge in [-0.2, -0.15) is 10.1 Å². The van der Waals surface area contributed by atoms with Gasteiger partial charge in [0.25, 0.3) is 5.95 Å². The molecule has 1 amide bonds. The van der Waals surface area contributed by atoms with Crippen molar-refractivity contribution in [1.29, 1.82) is 0 Å². The molecule has 10 heteroatoms. The molecule has 2 N–H and O–H groups in total. The molecule has 2 fully saturated rings. The number of ether oxygens (including phenoxy) is 1. The zero-order chi connectivity index (χ0) is 19.8. The zero-order valence-corrected chi connectivity index (χ0v) is 16.2. The summed E-state index contributed by atoms with van der Waals surface area (Å²) in [5.74, 6) is 0.909. The Balaban J connectivity index is 1.42. The number of aromatic nitrogens is 4. The van der Waals surface area contributed by atoms with E-state index in [1.807, 2.05) is 11.8 Å². The summed E-state index contributed by atoms with van der Waals surface area (Å²) in [6.45, 7) is 5.54. The molecular weight excluding hydrogens is 364 g/mol. The van der Waals surface area contributed by atoms with Gasteiger partial charge in [-0.15, -0.1) is 0 Å². The Morgan fingerprint density at radius 2 is 2.18 bits per heavy atom. The zero-order valence-electron chi connectivity index (χ0n) is 16.2. The molecule has 2 atom stereocenters. The minimum absolute atomic E-state index is 0.119. The first kappa shape index (κ1) is 18.9. The molecule has 0 aromatic carbocycles. The molecule has 0 radical (unpaired) electrons. The lowest BCUT2D eigenvalue weighted by atomic mass is 9.73. The number of anilines is 1. The van der Waals surface area contributed by atoms with Crippen molar-refractivity contribution in [3.05, 3.63) is 24.4 Å². The molecule has 2 aliphatic rings. The Morgan fingerprint density at radius 1 is 1.39 bits per heavy atom. The molecule has 2 aliphatic heterocycles. The number of hydrogen-bond donors (Lipinski definition) is 2. The first-order valence-corrected chi connectivity index (χ1v) is 9.56. The number of aliphatic hydroxyl groups excluding tert-OH is 1. The predicted octanol–water partition coefficient (Wildman–Crippen LogP) is 0.270. The smallest absolute Gasteiger partial charge is 0.266 e. The van der Waals surface area contributed by atoms with Crippen LogP contribution in [0.1, 0.15) is 32.1 Å². The van der Waals surface area contributed by atoms with Crippen LogP contribution in [0.5, 0.6) is 0 Å². The SMILES string of the molecule is Cc1nc(N2CCC3(CC2)OCC[C@](C)(NC(=O)Cn2cccn2)[C@H]3O)no1. The van der Waals surface area contributed by atoms with Crippen LogP contribution in [0.3, 0.4) is 0 Å².